The fourth-order valence-electron chi connectivity index (χ4n) is 2.86. The number of nitrogens with one attached hydrogen (secondary N) is 1. The van der Waals surface area contributed by atoms with Crippen LogP contribution in [-0.4, -0.2) is 41.3 Å². The van der Waals surface area contributed by atoms with Gasteiger partial charge in [0.15, 0.2) is 0 Å². The second-order valence-corrected chi connectivity index (χ2v) is 6.30. The molecule has 0 bridgehead atoms. The first-order valence-electron chi connectivity index (χ1n) is 7.93. The molecule has 122 valence electrons. The first-order chi connectivity index (χ1) is 10.5. The number of benzene rings is 1. The smallest absolute Gasteiger partial charge is 0.317 e. The quantitative estimate of drug-likeness (QED) is 0.878. The van der Waals surface area contributed by atoms with Crippen LogP contribution < -0.4 is 5.32 Å². The van der Waals surface area contributed by atoms with E-state index in [1.165, 1.54) is 12.1 Å². The van der Waals surface area contributed by atoms with Gasteiger partial charge in [0.1, 0.15) is 5.82 Å². The second-order valence-electron chi connectivity index (χ2n) is 6.30. The maximum Gasteiger partial charge on any atom is 0.317 e. The molecule has 1 unspecified atom stereocenters. The molecule has 2 atom stereocenters. The van der Waals surface area contributed by atoms with Crippen LogP contribution in [0.15, 0.2) is 24.3 Å². The van der Waals surface area contributed by atoms with Crippen LogP contribution in [0.5, 0.6) is 0 Å². The number of likely N-dealkylation sites (tertiary alicyclic amines) is 1. The Morgan fingerprint density at radius 3 is 2.68 bits per heavy atom. The topological polar surface area (TPSA) is 52.6 Å². The summed E-state index contributed by atoms with van der Waals surface area (Å²) in [5.41, 5.74) is 1.00. The molecular weight excluding hydrogens is 283 g/mol. The summed E-state index contributed by atoms with van der Waals surface area (Å²) in [5.74, 6) is 0.0147. The zero-order chi connectivity index (χ0) is 16.1. The van der Waals surface area contributed by atoms with E-state index in [2.05, 4.69) is 19.2 Å². The predicted molar refractivity (Wildman–Crippen MR) is 84.1 cm³/mol. The molecular formula is C17H25FN2O2. The third-order valence-corrected chi connectivity index (χ3v) is 4.33. The highest BCUT2D eigenvalue weighted by Gasteiger charge is 2.29. The van der Waals surface area contributed by atoms with Gasteiger partial charge in [0.2, 0.25) is 0 Å². The Kier molecular flexibility index (Phi) is 5.77. The Bertz CT molecular complexity index is 490. The number of carbonyl (C=O) groups is 1. The molecule has 1 heterocycles. The van der Waals surface area contributed by atoms with E-state index >= 15 is 0 Å². The highest BCUT2D eigenvalue weighted by molar-refractivity contribution is 5.75. The molecule has 4 nitrogen and oxygen atoms in total. The van der Waals surface area contributed by atoms with Gasteiger partial charge in [-0.15, -0.1) is 0 Å². The van der Waals surface area contributed by atoms with Crippen molar-refractivity contribution in [2.24, 2.45) is 5.92 Å². The van der Waals surface area contributed by atoms with Crippen molar-refractivity contribution in [2.45, 2.75) is 45.2 Å². The Labute approximate surface area is 131 Å². The monoisotopic (exact) mass is 308 g/mol. The molecule has 1 aliphatic rings. The third-order valence-electron chi connectivity index (χ3n) is 4.33. The second kappa shape index (κ2) is 7.58. The Hall–Kier alpha value is -1.62. The van der Waals surface area contributed by atoms with E-state index in [-0.39, 0.29) is 36.5 Å². The normalized spacial score (nSPS) is 19.5. The molecule has 0 saturated carbocycles. The van der Waals surface area contributed by atoms with Gasteiger partial charge in [-0.05, 0) is 42.9 Å². The summed E-state index contributed by atoms with van der Waals surface area (Å²) < 4.78 is 13.0. The van der Waals surface area contributed by atoms with Crippen LogP contribution >= 0.6 is 0 Å². The first-order valence-corrected chi connectivity index (χ1v) is 7.93. The Morgan fingerprint density at radius 1 is 1.41 bits per heavy atom. The molecule has 2 N–H and O–H groups in total. The van der Waals surface area contributed by atoms with Crippen molar-refractivity contribution in [2.75, 3.05) is 13.2 Å². The van der Waals surface area contributed by atoms with Crippen molar-refractivity contribution >= 4 is 6.03 Å². The summed E-state index contributed by atoms with van der Waals surface area (Å²) in [4.78, 5) is 14.1. The molecule has 1 saturated heterocycles. The molecule has 2 amide bonds. The number of hydrogen-bond donors (Lipinski definition) is 2. The summed E-state index contributed by atoms with van der Waals surface area (Å²) in [6.45, 7) is 4.82. The number of halogens is 1. The van der Waals surface area contributed by atoms with Crippen molar-refractivity contribution < 1.29 is 14.3 Å². The zero-order valence-corrected chi connectivity index (χ0v) is 13.3. The summed E-state index contributed by atoms with van der Waals surface area (Å²) >= 11 is 0. The SMILES string of the molecule is CC(C)C(Cc1ccc(F)cc1)NC(=O)N1CCC[C@@H]1CO. The van der Waals surface area contributed by atoms with Crippen molar-refractivity contribution in [1.82, 2.24) is 10.2 Å². The number of nitrogens with zero attached hydrogens (tertiary/aromatic N) is 1. The molecule has 0 radical (unpaired) electrons. The van der Waals surface area contributed by atoms with Gasteiger partial charge in [-0.3, -0.25) is 0 Å². The lowest BCUT2D eigenvalue weighted by atomic mass is 9.96. The van der Waals surface area contributed by atoms with E-state index < -0.39 is 0 Å². The fraction of sp³-hybridized carbons (Fsp3) is 0.588. The molecule has 1 aromatic rings. The standard InChI is InChI=1S/C17H25FN2O2/c1-12(2)16(10-13-5-7-14(18)8-6-13)19-17(22)20-9-3-4-15(20)11-21/h5-8,12,15-16,21H,3-4,9-11H2,1-2H3,(H,19,22)/t15-,16?/m1/s1. The lowest BCUT2D eigenvalue weighted by molar-refractivity contribution is 0.152. The van der Waals surface area contributed by atoms with Crippen molar-refractivity contribution in [1.29, 1.82) is 0 Å². The van der Waals surface area contributed by atoms with Crippen molar-refractivity contribution in [3.8, 4) is 0 Å². The number of aliphatic hydroxyl groups excluding tert-OH is 1. The summed E-state index contributed by atoms with van der Waals surface area (Å²) in [6.07, 6.45) is 2.46. The minimum Gasteiger partial charge on any atom is -0.394 e. The van der Waals surface area contributed by atoms with Gasteiger partial charge in [0.05, 0.1) is 12.6 Å². The van der Waals surface area contributed by atoms with Crippen LogP contribution in [0.1, 0.15) is 32.3 Å². The molecule has 2 rings (SSSR count). The number of hydrogen-bond acceptors (Lipinski definition) is 2. The van der Waals surface area contributed by atoms with E-state index in [1.54, 1.807) is 17.0 Å². The number of urea groups is 1. The number of carbonyl (C=O) groups excluding carboxylic acids is 1. The van der Waals surface area contributed by atoms with E-state index in [0.29, 0.717) is 13.0 Å². The van der Waals surface area contributed by atoms with Crippen molar-refractivity contribution in [3.63, 3.8) is 0 Å². The van der Waals surface area contributed by atoms with E-state index in [9.17, 15) is 14.3 Å². The van der Waals surface area contributed by atoms with Gasteiger partial charge in [0.25, 0.3) is 0 Å². The Balaban J connectivity index is 1.99. The van der Waals surface area contributed by atoms with Gasteiger partial charge in [-0.25, -0.2) is 9.18 Å². The Morgan fingerprint density at radius 2 is 2.09 bits per heavy atom. The molecule has 0 spiro atoms. The number of aliphatic hydroxyl groups is 1. The molecule has 1 fully saturated rings. The predicted octanol–water partition coefficient (Wildman–Crippen LogP) is 2.56. The average Bonchev–Trinajstić information content (AvgIpc) is 2.97. The lowest BCUT2D eigenvalue weighted by Gasteiger charge is -2.29. The largest absolute Gasteiger partial charge is 0.394 e. The van der Waals surface area contributed by atoms with E-state index in [1.807, 2.05) is 0 Å². The maximum atomic E-state index is 13.0. The molecule has 0 aromatic heterocycles. The van der Waals surface area contributed by atoms with Gasteiger partial charge in [0, 0.05) is 12.6 Å². The molecule has 5 heteroatoms. The lowest BCUT2D eigenvalue weighted by Crippen LogP contribution is -2.49. The fourth-order valence-corrected chi connectivity index (χ4v) is 2.86. The van der Waals surface area contributed by atoms with Crippen LogP contribution in [0.3, 0.4) is 0 Å². The highest BCUT2D eigenvalue weighted by Crippen LogP contribution is 2.18. The summed E-state index contributed by atoms with van der Waals surface area (Å²) in [6, 6.07) is 6.19. The van der Waals surface area contributed by atoms with E-state index in [0.717, 1.165) is 18.4 Å². The molecule has 1 aliphatic heterocycles. The van der Waals surface area contributed by atoms with Crippen LogP contribution in [0.25, 0.3) is 0 Å². The number of rotatable bonds is 5. The zero-order valence-electron chi connectivity index (χ0n) is 13.3. The van der Waals surface area contributed by atoms with Crippen LogP contribution in [0.4, 0.5) is 9.18 Å². The third kappa shape index (κ3) is 4.19. The van der Waals surface area contributed by atoms with Crippen LogP contribution in [0.2, 0.25) is 0 Å². The van der Waals surface area contributed by atoms with Crippen LogP contribution in [-0.2, 0) is 6.42 Å². The minimum absolute atomic E-state index is 0.0116. The number of amides is 2. The van der Waals surface area contributed by atoms with Gasteiger partial charge >= 0.3 is 6.03 Å². The molecule has 22 heavy (non-hydrogen) atoms. The first kappa shape index (κ1) is 16.7. The van der Waals surface area contributed by atoms with Crippen LogP contribution in [0, 0.1) is 11.7 Å². The maximum absolute atomic E-state index is 13.0. The van der Waals surface area contributed by atoms with Gasteiger partial charge in [-0.1, -0.05) is 26.0 Å². The van der Waals surface area contributed by atoms with Gasteiger partial charge in [-0.2, -0.15) is 0 Å². The minimum atomic E-state index is -0.253. The van der Waals surface area contributed by atoms with Crippen molar-refractivity contribution in [3.05, 3.63) is 35.6 Å². The van der Waals surface area contributed by atoms with E-state index in [4.69, 9.17) is 0 Å². The summed E-state index contributed by atoms with van der Waals surface area (Å²) in [7, 11) is 0. The molecule has 0 aliphatic carbocycles. The average molecular weight is 308 g/mol. The summed E-state index contributed by atoms with van der Waals surface area (Å²) in [5, 5.41) is 12.4. The van der Waals surface area contributed by atoms with Gasteiger partial charge < -0.3 is 15.3 Å². The highest BCUT2D eigenvalue weighted by atomic mass is 19.1. The molecule has 1 aromatic carbocycles.